The molecule has 67 heavy (non-hydrogen) atoms. The van der Waals surface area contributed by atoms with Crippen LogP contribution in [0.15, 0.2) is 72.1 Å². The summed E-state index contributed by atoms with van der Waals surface area (Å²) in [5, 5.41) is 39.4. The van der Waals surface area contributed by atoms with Gasteiger partial charge in [-0.05, 0) is 35.2 Å². The molecular weight excluding hydrogens is 883 g/mol. The number of benzene rings is 4. The largest absolute Gasteiger partial charge is 0.507 e. The number of aliphatic hydroxyl groups is 1. The lowest BCUT2D eigenvalue weighted by Gasteiger charge is -2.43. The highest BCUT2D eigenvalue weighted by Crippen LogP contribution is 2.55. The third-order valence-corrected chi connectivity index (χ3v) is 15.1. The molecule has 0 bridgehead atoms. The van der Waals surface area contributed by atoms with Crippen molar-refractivity contribution in [3.05, 3.63) is 127 Å². The van der Waals surface area contributed by atoms with E-state index in [-0.39, 0.29) is 88.9 Å². The Hall–Kier alpha value is -5.76. The average Bonchev–Trinajstić information content (AvgIpc) is 4.06. The van der Waals surface area contributed by atoms with Crippen LogP contribution in [0.3, 0.4) is 0 Å². The van der Waals surface area contributed by atoms with Gasteiger partial charge in [0.05, 0.1) is 54.9 Å². The van der Waals surface area contributed by atoms with Gasteiger partial charge >= 0.3 is 6.09 Å². The molecule has 3 aliphatic carbocycles. The molecule has 0 spiro atoms. The fourth-order valence-corrected chi connectivity index (χ4v) is 12.0. The zero-order valence-electron chi connectivity index (χ0n) is 37.2. The molecule has 0 unspecified atom stereocenters. The second-order valence-corrected chi connectivity index (χ2v) is 18.9. The minimum absolute atomic E-state index is 0.00472. The highest BCUT2D eigenvalue weighted by atomic mass is 32.1. The molecule has 3 N–H and O–H groups in total. The molecule has 17 heteroatoms. The van der Waals surface area contributed by atoms with Crippen molar-refractivity contribution >= 4 is 29.0 Å². The number of methoxy groups -OCH3 is 2. The Morgan fingerprint density at radius 3 is 2.39 bits per heavy atom. The Labute approximate surface area is 389 Å². The second kappa shape index (κ2) is 16.8. The maximum Gasteiger partial charge on any atom is 0.409 e. The van der Waals surface area contributed by atoms with E-state index in [9.17, 15) is 29.7 Å². The number of hydrogen-bond donors (Lipinski definition) is 3. The number of ketones is 2. The van der Waals surface area contributed by atoms with E-state index in [0.29, 0.717) is 24.6 Å². The predicted octanol–water partition coefficient (Wildman–Crippen LogP) is 6.14. The van der Waals surface area contributed by atoms with E-state index in [0.717, 1.165) is 22.3 Å². The molecule has 4 aromatic carbocycles. The summed E-state index contributed by atoms with van der Waals surface area (Å²) in [6, 6.07) is 20.6. The van der Waals surface area contributed by atoms with E-state index in [1.54, 1.807) is 31.7 Å². The Bertz CT molecular complexity index is 2790. The van der Waals surface area contributed by atoms with Crippen LogP contribution in [0.2, 0.25) is 0 Å². The predicted molar refractivity (Wildman–Crippen MR) is 239 cm³/mol. The third-order valence-electron chi connectivity index (χ3n) is 14.2. The number of carbonyl (C=O) groups is 3. The SMILES string of the molecule is COc1cccc2c1C(=O)c1c(O)c3c(c(O)c1C2=O)C[C@@](O)(c1csc(CN(C)C(=O)OCC2c4ccccc4-c4ccccc42)n1)C[C@@H]3O[C@H]1C[C@H]2[C@H](O[C@@H]3[C@@H](OC)OCCN32)[C@H](C)O1. The van der Waals surface area contributed by atoms with Crippen LogP contribution >= 0.6 is 11.3 Å². The first-order valence-electron chi connectivity index (χ1n) is 22.4. The maximum absolute atomic E-state index is 14.3. The number of ether oxygens (including phenoxy) is 7. The highest BCUT2D eigenvalue weighted by molar-refractivity contribution is 7.09. The second-order valence-electron chi connectivity index (χ2n) is 18.0. The van der Waals surface area contributed by atoms with Crippen molar-refractivity contribution in [2.45, 2.75) is 87.4 Å². The van der Waals surface area contributed by atoms with Crippen LogP contribution < -0.4 is 4.74 Å². The molecule has 5 aromatic rings. The Morgan fingerprint density at radius 1 is 0.940 bits per heavy atom. The number of aromatic nitrogens is 1. The minimum atomic E-state index is -1.84. The number of hydrogen-bond acceptors (Lipinski definition) is 16. The molecule has 8 atom stereocenters. The summed E-state index contributed by atoms with van der Waals surface area (Å²) in [6.07, 6.45) is -4.65. The van der Waals surface area contributed by atoms with Crippen molar-refractivity contribution < 1.29 is 62.9 Å². The lowest BCUT2D eigenvalue weighted by Crippen LogP contribution is -2.55. The quantitative estimate of drug-likeness (QED) is 0.140. The maximum atomic E-state index is 14.3. The van der Waals surface area contributed by atoms with E-state index in [1.807, 2.05) is 31.2 Å². The van der Waals surface area contributed by atoms with Crippen LogP contribution in [-0.4, -0.2) is 126 Å². The van der Waals surface area contributed by atoms with E-state index < -0.39 is 65.8 Å². The molecule has 4 heterocycles. The fourth-order valence-electron chi connectivity index (χ4n) is 11.1. The number of phenols is 2. The number of fused-ring (bicyclic) bond motifs is 9. The normalized spacial score (nSPS) is 27.3. The van der Waals surface area contributed by atoms with Gasteiger partial charge in [0.1, 0.15) is 40.6 Å². The van der Waals surface area contributed by atoms with Crippen LogP contribution in [0, 0.1) is 0 Å². The number of nitrogens with zero attached hydrogens (tertiary/aromatic N) is 3. The summed E-state index contributed by atoms with van der Waals surface area (Å²) in [7, 11) is 4.56. The van der Waals surface area contributed by atoms with E-state index in [2.05, 4.69) is 29.2 Å². The highest BCUT2D eigenvalue weighted by Gasteiger charge is 2.55. The first kappa shape index (κ1) is 43.8. The first-order valence-corrected chi connectivity index (χ1v) is 23.2. The lowest BCUT2D eigenvalue weighted by molar-refractivity contribution is -0.256. The Morgan fingerprint density at radius 2 is 1.66 bits per heavy atom. The number of morpholine rings is 1. The van der Waals surface area contributed by atoms with Crippen LogP contribution in [0.4, 0.5) is 4.79 Å². The molecule has 3 saturated heterocycles. The molecule has 0 radical (unpaired) electrons. The van der Waals surface area contributed by atoms with Crippen LogP contribution in [0.1, 0.15) is 96.6 Å². The molecular formula is C50H49N3O13S. The van der Waals surface area contributed by atoms with Crippen molar-refractivity contribution in [1.29, 1.82) is 0 Å². The molecule has 16 nitrogen and oxygen atoms in total. The summed E-state index contributed by atoms with van der Waals surface area (Å²) < 4.78 is 42.4. The molecule has 1 amide bonds. The summed E-state index contributed by atoms with van der Waals surface area (Å²) in [5.74, 6) is -2.48. The summed E-state index contributed by atoms with van der Waals surface area (Å²) in [6.45, 7) is 3.11. The smallest absolute Gasteiger partial charge is 0.409 e. The molecule has 11 rings (SSSR count). The van der Waals surface area contributed by atoms with Gasteiger partial charge in [0.25, 0.3) is 0 Å². The monoisotopic (exact) mass is 931 g/mol. The summed E-state index contributed by atoms with van der Waals surface area (Å²) in [4.78, 5) is 50.5. The number of rotatable bonds is 9. The molecule has 0 saturated carbocycles. The van der Waals surface area contributed by atoms with Gasteiger partial charge in [0.2, 0.25) is 5.78 Å². The minimum Gasteiger partial charge on any atom is -0.507 e. The van der Waals surface area contributed by atoms with Crippen LogP contribution in [0.5, 0.6) is 17.2 Å². The van der Waals surface area contributed by atoms with Gasteiger partial charge in [-0.25, -0.2) is 9.78 Å². The number of carbonyl (C=O) groups excluding carboxylic acids is 3. The molecule has 348 valence electrons. The Kier molecular flexibility index (Phi) is 11.0. The van der Waals surface area contributed by atoms with Gasteiger partial charge in [-0.15, -0.1) is 11.3 Å². The van der Waals surface area contributed by atoms with E-state index >= 15 is 0 Å². The van der Waals surface area contributed by atoms with E-state index in [1.165, 1.54) is 29.4 Å². The zero-order chi connectivity index (χ0) is 46.5. The number of aromatic hydroxyl groups is 2. The van der Waals surface area contributed by atoms with Crippen molar-refractivity contribution in [2.24, 2.45) is 0 Å². The first-order chi connectivity index (χ1) is 32.4. The summed E-state index contributed by atoms with van der Waals surface area (Å²) >= 11 is 1.23. The topological polar surface area (TPSA) is 196 Å². The zero-order valence-corrected chi connectivity index (χ0v) is 38.0. The van der Waals surface area contributed by atoms with Gasteiger partial charge < -0.3 is 53.4 Å². The van der Waals surface area contributed by atoms with Crippen LogP contribution in [0.25, 0.3) is 11.1 Å². The molecule has 1 aromatic heterocycles. The van der Waals surface area contributed by atoms with E-state index in [4.69, 9.17) is 38.1 Å². The van der Waals surface area contributed by atoms with Crippen molar-refractivity contribution in [3.8, 4) is 28.4 Å². The van der Waals surface area contributed by atoms with Crippen LogP contribution in [-0.2, 0) is 47.0 Å². The summed E-state index contributed by atoms with van der Waals surface area (Å²) in [5.41, 5.74) is 2.11. The van der Waals surface area contributed by atoms with Gasteiger partial charge in [0.15, 0.2) is 24.6 Å². The van der Waals surface area contributed by atoms with Crippen molar-refractivity contribution in [2.75, 3.05) is 41.0 Å². The average molecular weight is 932 g/mol. The number of amides is 1. The van der Waals surface area contributed by atoms with Crippen molar-refractivity contribution in [1.82, 2.24) is 14.8 Å². The molecule has 3 aliphatic heterocycles. The van der Waals surface area contributed by atoms with Gasteiger partial charge in [-0.2, -0.15) is 0 Å². The number of thiazole rings is 1. The number of phenolic OH excluding ortho intramolecular Hbond substituents is 2. The molecule has 3 fully saturated rings. The Balaban J connectivity index is 0.889. The van der Waals surface area contributed by atoms with Gasteiger partial charge in [0, 0.05) is 74.0 Å². The van der Waals surface area contributed by atoms with Gasteiger partial charge in [-0.1, -0.05) is 60.7 Å². The standard InChI is InChI=1S/C50H49N3O13S/c1-24-46-32(53-16-17-62-48(61-4)47(53)66-46)18-37(64-24)65-34-20-50(59,19-30-39(34)45(57)41-40(43(30)55)42(54)29-14-9-15-33(60-3)38(29)44(41)56)35-23-67-36(51-35)21-52(2)49(58)63-22-31-27-12-7-5-10-25(27)26-11-6-8-13-28(26)31/h5-15,23-24,31-32,34,37,46-48,55,57,59H,16-22H2,1-4H3/t24-,32-,34-,37-,46+,47+,48-,50-/m0/s1. The van der Waals surface area contributed by atoms with Gasteiger partial charge in [-0.3, -0.25) is 14.5 Å². The third kappa shape index (κ3) is 7.05. The van der Waals surface area contributed by atoms with Crippen molar-refractivity contribution in [3.63, 3.8) is 0 Å². The molecule has 6 aliphatic rings. The lowest BCUT2D eigenvalue weighted by atomic mass is 9.72. The fraction of sp³-hybridized carbons (Fsp3) is 0.400.